The lowest BCUT2D eigenvalue weighted by Gasteiger charge is -2.31. The Kier molecular flexibility index (Phi) is 5.03. The Bertz CT molecular complexity index is 570. The Morgan fingerprint density at radius 1 is 1.14 bits per heavy atom. The van der Waals surface area contributed by atoms with Crippen molar-refractivity contribution in [3.8, 4) is 0 Å². The molecule has 3 nitrogen and oxygen atoms in total. The van der Waals surface area contributed by atoms with Crippen LogP contribution in [0.5, 0.6) is 0 Å². The molecule has 2 aliphatic rings. The van der Waals surface area contributed by atoms with Gasteiger partial charge in [0.25, 0.3) is 0 Å². The number of rotatable bonds is 2. The first-order valence-electron chi connectivity index (χ1n) is 7.96. The highest BCUT2D eigenvalue weighted by atomic mass is 32.2. The number of thiocarbonyl (C=S) groups is 1. The number of nitrogens with zero attached hydrogens (tertiary/aromatic N) is 2. The van der Waals surface area contributed by atoms with Crippen LogP contribution in [-0.4, -0.2) is 44.9 Å². The van der Waals surface area contributed by atoms with Gasteiger partial charge in [-0.2, -0.15) is 0 Å². The Labute approximate surface area is 142 Å². The number of hydrogen-bond donors (Lipinski definition) is 0. The van der Waals surface area contributed by atoms with Crippen molar-refractivity contribution in [3.05, 3.63) is 35.4 Å². The van der Waals surface area contributed by atoms with E-state index in [0.29, 0.717) is 0 Å². The third-order valence-electron chi connectivity index (χ3n) is 4.43. The van der Waals surface area contributed by atoms with Crippen molar-refractivity contribution < 1.29 is 4.79 Å². The molecule has 1 aromatic carbocycles. The molecule has 1 amide bonds. The number of benzene rings is 1. The van der Waals surface area contributed by atoms with E-state index in [0.717, 1.165) is 36.9 Å². The summed E-state index contributed by atoms with van der Waals surface area (Å²) in [5.74, 6) is 0.209. The molecule has 2 aliphatic heterocycles. The van der Waals surface area contributed by atoms with Crippen LogP contribution in [0.3, 0.4) is 0 Å². The lowest BCUT2D eigenvalue weighted by Crippen LogP contribution is -2.41. The van der Waals surface area contributed by atoms with Crippen LogP contribution in [0.2, 0.25) is 0 Å². The van der Waals surface area contributed by atoms with Gasteiger partial charge in [-0.05, 0) is 37.3 Å². The van der Waals surface area contributed by atoms with Crippen LogP contribution in [0, 0.1) is 0 Å². The zero-order valence-corrected chi connectivity index (χ0v) is 14.6. The summed E-state index contributed by atoms with van der Waals surface area (Å²) in [5, 5.41) is -0.0987. The van der Waals surface area contributed by atoms with Gasteiger partial charge in [-0.1, -0.05) is 48.2 Å². The molecular weight excluding hydrogens is 312 g/mol. The van der Waals surface area contributed by atoms with E-state index in [1.54, 1.807) is 11.8 Å². The number of carbonyl (C=O) groups excluding carboxylic acids is 1. The maximum absolute atomic E-state index is 12.7. The number of hydrogen-bond acceptors (Lipinski definition) is 3. The molecule has 0 radical (unpaired) electrons. The highest BCUT2D eigenvalue weighted by Gasteiger charge is 2.27. The van der Waals surface area contributed by atoms with E-state index >= 15 is 0 Å². The maximum atomic E-state index is 12.7. The number of amides is 1. The summed E-state index contributed by atoms with van der Waals surface area (Å²) < 4.78 is 0.885. The normalized spacial score (nSPS) is 19.0. The summed E-state index contributed by atoms with van der Waals surface area (Å²) in [6, 6.07) is 8.41. The lowest BCUT2D eigenvalue weighted by atomic mass is 10.00. The van der Waals surface area contributed by atoms with Gasteiger partial charge >= 0.3 is 0 Å². The zero-order chi connectivity index (χ0) is 15.5. The molecule has 0 bridgehead atoms. The monoisotopic (exact) mass is 334 g/mol. The molecule has 1 fully saturated rings. The first-order chi connectivity index (χ1) is 10.6. The van der Waals surface area contributed by atoms with E-state index in [1.807, 2.05) is 17.9 Å². The van der Waals surface area contributed by atoms with Crippen LogP contribution in [0.15, 0.2) is 24.3 Å². The van der Waals surface area contributed by atoms with Crippen molar-refractivity contribution in [2.45, 2.75) is 38.0 Å². The second-order valence-corrected chi connectivity index (χ2v) is 7.97. The molecule has 0 saturated carbocycles. The van der Waals surface area contributed by atoms with Crippen LogP contribution < -0.4 is 0 Å². The summed E-state index contributed by atoms with van der Waals surface area (Å²) in [6.07, 6.45) is 3.38. The van der Waals surface area contributed by atoms with Crippen LogP contribution in [0.1, 0.15) is 30.9 Å². The van der Waals surface area contributed by atoms with E-state index in [9.17, 15) is 4.79 Å². The van der Waals surface area contributed by atoms with Crippen molar-refractivity contribution in [1.82, 2.24) is 9.80 Å². The van der Waals surface area contributed by atoms with Gasteiger partial charge in [0, 0.05) is 26.2 Å². The van der Waals surface area contributed by atoms with Crippen LogP contribution in [-0.2, 0) is 17.8 Å². The van der Waals surface area contributed by atoms with Crippen LogP contribution >= 0.6 is 24.0 Å². The number of fused-ring (bicyclic) bond motifs is 1. The summed E-state index contributed by atoms with van der Waals surface area (Å²) in [7, 11) is 0. The van der Waals surface area contributed by atoms with Crippen molar-refractivity contribution in [1.29, 1.82) is 0 Å². The third kappa shape index (κ3) is 3.46. The van der Waals surface area contributed by atoms with Gasteiger partial charge in [-0.3, -0.25) is 4.79 Å². The molecule has 1 atom stereocenters. The molecule has 1 unspecified atom stereocenters. The Morgan fingerprint density at radius 3 is 2.55 bits per heavy atom. The van der Waals surface area contributed by atoms with Crippen molar-refractivity contribution in [2.24, 2.45) is 0 Å². The van der Waals surface area contributed by atoms with Gasteiger partial charge in [0.05, 0.1) is 5.25 Å². The van der Waals surface area contributed by atoms with Gasteiger partial charge in [0.15, 0.2) is 0 Å². The Balaban J connectivity index is 1.58. The largest absolute Gasteiger partial charge is 0.358 e. The molecule has 1 saturated heterocycles. The first-order valence-corrected chi connectivity index (χ1v) is 9.25. The number of carbonyl (C=O) groups is 1. The summed E-state index contributed by atoms with van der Waals surface area (Å²) in [6.45, 7) is 5.62. The van der Waals surface area contributed by atoms with Gasteiger partial charge < -0.3 is 9.80 Å². The quantitative estimate of drug-likeness (QED) is 0.776. The van der Waals surface area contributed by atoms with E-state index in [4.69, 9.17) is 12.2 Å². The maximum Gasteiger partial charge on any atom is 0.236 e. The van der Waals surface area contributed by atoms with Gasteiger partial charge in [0.2, 0.25) is 5.91 Å². The minimum absolute atomic E-state index is 0.0987. The van der Waals surface area contributed by atoms with Crippen LogP contribution in [0.4, 0.5) is 0 Å². The van der Waals surface area contributed by atoms with Crippen LogP contribution in [0.25, 0.3) is 0 Å². The molecule has 0 spiro atoms. The average molecular weight is 335 g/mol. The molecule has 5 heteroatoms. The fraction of sp³-hybridized carbons (Fsp3) is 0.529. The van der Waals surface area contributed by atoms with Gasteiger partial charge in [-0.15, -0.1) is 0 Å². The van der Waals surface area contributed by atoms with E-state index in [-0.39, 0.29) is 11.2 Å². The Morgan fingerprint density at radius 2 is 1.82 bits per heavy atom. The topological polar surface area (TPSA) is 23.6 Å². The fourth-order valence-electron chi connectivity index (χ4n) is 3.12. The zero-order valence-electron chi connectivity index (χ0n) is 13.0. The summed E-state index contributed by atoms with van der Waals surface area (Å²) in [4.78, 5) is 16.9. The molecule has 1 aromatic rings. The second-order valence-electron chi connectivity index (χ2n) is 6.00. The van der Waals surface area contributed by atoms with E-state index in [2.05, 4.69) is 23.1 Å². The SMILES string of the molecule is CC(SC(=S)N1CCCC1)C(=O)N1CCc2ccccc2C1. The highest BCUT2D eigenvalue weighted by molar-refractivity contribution is 8.23. The third-order valence-corrected chi connectivity index (χ3v) is 5.99. The second kappa shape index (κ2) is 7.01. The molecule has 22 heavy (non-hydrogen) atoms. The van der Waals surface area contributed by atoms with Crippen molar-refractivity contribution >= 4 is 34.2 Å². The van der Waals surface area contributed by atoms with Crippen molar-refractivity contribution in [2.75, 3.05) is 19.6 Å². The highest BCUT2D eigenvalue weighted by Crippen LogP contribution is 2.24. The summed E-state index contributed by atoms with van der Waals surface area (Å²) in [5.41, 5.74) is 2.65. The molecule has 3 rings (SSSR count). The fourth-order valence-corrected chi connectivity index (χ4v) is 4.62. The predicted octanol–water partition coefficient (Wildman–Crippen LogP) is 3.07. The van der Waals surface area contributed by atoms with Gasteiger partial charge in [0.1, 0.15) is 4.32 Å². The number of thioether (sulfide) groups is 1. The predicted molar refractivity (Wildman–Crippen MR) is 96.0 cm³/mol. The molecular formula is C17H22N2OS2. The molecule has 118 valence electrons. The molecule has 0 aromatic heterocycles. The smallest absolute Gasteiger partial charge is 0.236 e. The molecule has 2 heterocycles. The van der Waals surface area contributed by atoms with E-state index < -0.39 is 0 Å². The standard InChI is InChI=1S/C17H22N2OS2/c1-13(22-17(21)18-9-4-5-10-18)16(20)19-11-8-14-6-2-3-7-15(14)12-19/h2-3,6-7,13H,4-5,8-12H2,1H3. The number of likely N-dealkylation sites (tertiary alicyclic amines) is 1. The molecule has 0 N–H and O–H groups in total. The van der Waals surface area contributed by atoms with Gasteiger partial charge in [-0.25, -0.2) is 0 Å². The minimum atomic E-state index is -0.0987. The first kappa shape index (κ1) is 15.8. The van der Waals surface area contributed by atoms with E-state index in [1.165, 1.54) is 24.0 Å². The minimum Gasteiger partial charge on any atom is -0.358 e. The average Bonchev–Trinajstić information content (AvgIpc) is 3.08. The lowest BCUT2D eigenvalue weighted by molar-refractivity contribution is -0.131. The summed E-state index contributed by atoms with van der Waals surface area (Å²) >= 11 is 7.04. The molecule has 0 aliphatic carbocycles. The van der Waals surface area contributed by atoms with Crippen molar-refractivity contribution in [3.63, 3.8) is 0 Å². The Hall–Kier alpha value is -1.07.